The highest BCUT2D eigenvalue weighted by Crippen LogP contribution is 2.27. The zero-order chi connectivity index (χ0) is 16.3. The van der Waals surface area contributed by atoms with E-state index in [1.165, 1.54) is 0 Å². The molecule has 0 radical (unpaired) electrons. The average Bonchev–Trinajstić information content (AvgIpc) is 2.40. The van der Waals surface area contributed by atoms with Crippen LogP contribution in [-0.4, -0.2) is 66.9 Å². The number of carbonyl (C=O) groups excluding carboxylic acids is 1. The van der Waals surface area contributed by atoms with Crippen molar-refractivity contribution in [3.05, 3.63) is 11.6 Å². The van der Waals surface area contributed by atoms with Crippen LogP contribution in [0.2, 0.25) is 0 Å². The quantitative estimate of drug-likeness (QED) is 0.728. The van der Waals surface area contributed by atoms with Gasteiger partial charge in [-0.2, -0.15) is 5.26 Å². The Balaban J connectivity index is 1.91. The minimum absolute atomic E-state index is 0.0232. The number of rotatable bonds is 2. The third-order valence-corrected chi connectivity index (χ3v) is 4.03. The van der Waals surface area contributed by atoms with Gasteiger partial charge in [0.2, 0.25) is 0 Å². The predicted molar refractivity (Wildman–Crippen MR) is 82.3 cm³/mol. The Morgan fingerprint density at radius 3 is 2.64 bits per heavy atom. The molecule has 0 N–H and O–H groups in total. The lowest BCUT2D eigenvalue weighted by molar-refractivity contribution is -0.0507. The van der Waals surface area contributed by atoms with Crippen molar-refractivity contribution < 1.29 is 14.3 Å². The molecule has 0 saturated carbocycles. The fraction of sp³-hybridized carbons (Fsp3) is 0.750. The second kappa shape index (κ2) is 6.67. The minimum Gasteiger partial charge on any atom is -0.444 e. The van der Waals surface area contributed by atoms with E-state index in [2.05, 4.69) is 11.0 Å². The molecule has 6 nitrogen and oxygen atoms in total. The molecule has 2 aliphatic rings. The SMILES string of the molecule is CO[C@H]1CN(C(=O)OC(C)(C)C)CC[C@H]1N1CC(=CC#N)C1. The first kappa shape index (κ1) is 16.8. The number of nitriles is 1. The molecule has 2 aliphatic heterocycles. The van der Waals surface area contributed by atoms with E-state index in [1.54, 1.807) is 18.1 Å². The number of likely N-dealkylation sites (tertiary alicyclic amines) is 2. The highest BCUT2D eigenvalue weighted by atomic mass is 16.6. The summed E-state index contributed by atoms with van der Waals surface area (Å²) in [6, 6.07) is 2.36. The lowest BCUT2D eigenvalue weighted by atomic mass is 9.95. The van der Waals surface area contributed by atoms with Crippen molar-refractivity contribution >= 4 is 6.09 Å². The van der Waals surface area contributed by atoms with Crippen LogP contribution in [0.3, 0.4) is 0 Å². The number of nitrogens with zero attached hydrogens (tertiary/aromatic N) is 3. The molecule has 2 rings (SSSR count). The van der Waals surface area contributed by atoms with Crippen molar-refractivity contribution in [3.8, 4) is 6.07 Å². The second-order valence-electron chi connectivity index (χ2n) is 6.89. The van der Waals surface area contributed by atoms with Crippen molar-refractivity contribution in [1.29, 1.82) is 5.26 Å². The van der Waals surface area contributed by atoms with E-state index in [-0.39, 0.29) is 12.2 Å². The lowest BCUT2D eigenvalue weighted by Crippen LogP contribution is -2.60. The largest absolute Gasteiger partial charge is 0.444 e. The van der Waals surface area contributed by atoms with Crippen LogP contribution in [0.1, 0.15) is 27.2 Å². The normalized spacial score (nSPS) is 26.1. The molecule has 2 atom stereocenters. The van der Waals surface area contributed by atoms with Gasteiger partial charge in [0.05, 0.1) is 18.7 Å². The standard InChI is InChI=1S/C16H25N3O3/c1-16(2,3)22-15(20)18-8-6-13(14(11-18)21-4)19-9-12(10-19)5-7-17/h5,13-14H,6,8-11H2,1-4H3/t13-,14+/m1/s1. The predicted octanol–water partition coefficient (Wildman–Crippen LogP) is 1.78. The summed E-state index contributed by atoms with van der Waals surface area (Å²) in [7, 11) is 1.68. The maximum absolute atomic E-state index is 12.2. The fourth-order valence-electron chi connectivity index (χ4n) is 2.94. The number of hydrogen-bond acceptors (Lipinski definition) is 5. The summed E-state index contributed by atoms with van der Waals surface area (Å²) in [6.45, 7) is 8.48. The summed E-state index contributed by atoms with van der Waals surface area (Å²) >= 11 is 0. The average molecular weight is 307 g/mol. The van der Waals surface area contributed by atoms with Gasteiger partial charge in [0, 0.05) is 38.9 Å². The molecule has 0 aliphatic carbocycles. The van der Waals surface area contributed by atoms with E-state index in [0.29, 0.717) is 19.1 Å². The first-order valence-corrected chi connectivity index (χ1v) is 7.66. The Morgan fingerprint density at radius 2 is 2.09 bits per heavy atom. The molecule has 0 bridgehead atoms. The van der Waals surface area contributed by atoms with Gasteiger partial charge in [-0.25, -0.2) is 4.79 Å². The third kappa shape index (κ3) is 3.99. The van der Waals surface area contributed by atoms with E-state index in [0.717, 1.165) is 25.1 Å². The highest BCUT2D eigenvalue weighted by Gasteiger charge is 2.39. The smallest absolute Gasteiger partial charge is 0.410 e. The summed E-state index contributed by atoms with van der Waals surface area (Å²) in [4.78, 5) is 16.2. The van der Waals surface area contributed by atoms with Crippen LogP contribution in [0.15, 0.2) is 11.6 Å². The van der Waals surface area contributed by atoms with Crippen LogP contribution >= 0.6 is 0 Å². The van der Waals surface area contributed by atoms with E-state index in [9.17, 15) is 4.79 Å². The van der Waals surface area contributed by atoms with Crippen LogP contribution in [0.4, 0.5) is 4.79 Å². The van der Waals surface area contributed by atoms with Gasteiger partial charge in [-0.1, -0.05) is 0 Å². The van der Waals surface area contributed by atoms with Gasteiger partial charge in [-0.05, 0) is 32.8 Å². The number of carbonyl (C=O) groups is 1. The van der Waals surface area contributed by atoms with Gasteiger partial charge in [-0.15, -0.1) is 0 Å². The number of allylic oxidation sites excluding steroid dienone is 1. The topological polar surface area (TPSA) is 65.8 Å². The molecule has 2 fully saturated rings. The summed E-state index contributed by atoms with van der Waals surface area (Å²) in [5, 5.41) is 8.66. The zero-order valence-corrected chi connectivity index (χ0v) is 13.8. The molecule has 2 saturated heterocycles. The molecule has 0 spiro atoms. The summed E-state index contributed by atoms with van der Waals surface area (Å²) in [6.07, 6.45) is 2.18. The van der Waals surface area contributed by atoms with E-state index >= 15 is 0 Å². The molecule has 0 aromatic carbocycles. The van der Waals surface area contributed by atoms with Crippen molar-refractivity contribution in [1.82, 2.24) is 9.80 Å². The highest BCUT2D eigenvalue weighted by molar-refractivity contribution is 5.68. The number of amides is 1. The molecular weight excluding hydrogens is 282 g/mol. The van der Waals surface area contributed by atoms with Gasteiger partial charge in [0.25, 0.3) is 0 Å². The molecular formula is C16H25N3O3. The maximum atomic E-state index is 12.2. The molecule has 0 aromatic heterocycles. The first-order chi connectivity index (χ1) is 10.3. The van der Waals surface area contributed by atoms with Crippen molar-refractivity contribution in [2.75, 3.05) is 33.3 Å². The number of ether oxygens (including phenoxy) is 2. The molecule has 1 amide bonds. The van der Waals surface area contributed by atoms with Gasteiger partial charge >= 0.3 is 6.09 Å². The van der Waals surface area contributed by atoms with Crippen molar-refractivity contribution in [2.45, 2.75) is 44.9 Å². The Hall–Kier alpha value is -1.58. The molecule has 2 heterocycles. The molecule has 22 heavy (non-hydrogen) atoms. The number of methoxy groups -OCH3 is 1. The fourth-order valence-corrected chi connectivity index (χ4v) is 2.94. The molecule has 6 heteroatoms. The van der Waals surface area contributed by atoms with E-state index in [4.69, 9.17) is 14.7 Å². The minimum atomic E-state index is -0.481. The van der Waals surface area contributed by atoms with Crippen LogP contribution in [0.25, 0.3) is 0 Å². The van der Waals surface area contributed by atoms with Gasteiger partial charge in [0.15, 0.2) is 0 Å². The third-order valence-electron chi connectivity index (χ3n) is 4.03. The second-order valence-corrected chi connectivity index (χ2v) is 6.89. The summed E-state index contributed by atoms with van der Waals surface area (Å²) in [5.41, 5.74) is 0.678. The summed E-state index contributed by atoms with van der Waals surface area (Å²) < 4.78 is 11.0. The van der Waals surface area contributed by atoms with Crippen molar-refractivity contribution in [3.63, 3.8) is 0 Å². The van der Waals surface area contributed by atoms with Crippen LogP contribution in [0, 0.1) is 11.3 Å². The van der Waals surface area contributed by atoms with Crippen molar-refractivity contribution in [2.24, 2.45) is 0 Å². The summed E-state index contributed by atoms with van der Waals surface area (Å²) in [5.74, 6) is 0. The molecule has 122 valence electrons. The zero-order valence-electron chi connectivity index (χ0n) is 13.8. The Kier molecular flexibility index (Phi) is 5.09. The van der Waals surface area contributed by atoms with Crippen LogP contribution < -0.4 is 0 Å². The first-order valence-electron chi connectivity index (χ1n) is 7.66. The number of piperidine rings is 1. The van der Waals surface area contributed by atoms with E-state index < -0.39 is 5.60 Å². The Labute approximate surface area is 132 Å². The monoisotopic (exact) mass is 307 g/mol. The van der Waals surface area contributed by atoms with Gasteiger partial charge < -0.3 is 14.4 Å². The van der Waals surface area contributed by atoms with Crippen LogP contribution in [-0.2, 0) is 9.47 Å². The van der Waals surface area contributed by atoms with Gasteiger partial charge in [-0.3, -0.25) is 4.90 Å². The molecule has 0 aromatic rings. The lowest BCUT2D eigenvalue weighted by Gasteiger charge is -2.47. The Morgan fingerprint density at radius 1 is 1.41 bits per heavy atom. The maximum Gasteiger partial charge on any atom is 0.410 e. The van der Waals surface area contributed by atoms with Crippen LogP contribution in [0.5, 0.6) is 0 Å². The van der Waals surface area contributed by atoms with E-state index in [1.807, 2.05) is 20.8 Å². The Bertz CT molecular complexity index is 482. The van der Waals surface area contributed by atoms with Gasteiger partial charge in [0.1, 0.15) is 5.60 Å². The number of hydrogen-bond donors (Lipinski definition) is 0. The molecule has 0 unspecified atom stereocenters.